The van der Waals surface area contributed by atoms with Crippen LogP contribution in [0, 0.1) is 17.0 Å². The minimum Gasteiger partial charge on any atom is -0.477 e. The molecule has 0 aliphatic rings. The molecule has 0 amide bonds. The van der Waals surface area contributed by atoms with Crippen LogP contribution >= 0.6 is 11.8 Å². The second-order valence-corrected chi connectivity index (χ2v) is 4.88. The molecule has 0 unspecified atom stereocenters. The van der Waals surface area contributed by atoms with Crippen LogP contribution in [0.15, 0.2) is 40.4 Å². The summed E-state index contributed by atoms with van der Waals surface area (Å²) >= 11 is 1.15. The van der Waals surface area contributed by atoms with Crippen LogP contribution in [-0.2, 0) is 0 Å². The normalized spacial score (nSPS) is 10.2. The minimum absolute atomic E-state index is 0.00858. The SMILES string of the molecule is Cc1cc(C(=O)O)nc(Sc2ccc([N+](=O)[O-])cc2)n1. The van der Waals surface area contributed by atoms with Gasteiger partial charge in [-0.2, -0.15) is 0 Å². The van der Waals surface area contributed by atoms with Gasteiger partial charge in [0.2, 0.25) is 0 Å². The molecule has 0 atom stereocenters. The lowest BCUT2D eigenvalue weighted by molar-refractivity contribution is -0.384. The molecule has 102 valence electrons. The Morgan fingerprint density at radius 1 is 1.30 bits per heavy atom. The molecule has 2 rings (SSSR count). The monoisotopic (exact) mass is 291 g/mol. The molecule has 0 aliphatic heterocycles. The molecule has 0 fully saturated rings. The van der Waals surface area contributed by atoms with E-state index >= 15 is 0 Å². The Morgan fingerprint density at radius 2 is 1.95 bits per heavy atom. The summed E-state index contributed by atoms with van der Waals surface area (Å²) in [5, 5.41) is 19.8. The first-order chi connectivity index (χ1) is 9.45. The summed E-state index contributed by atoms with van der Waals surface area (Å²) in [4.78, 5) is 29.7. The zero-order chi connectivity index (χ0) is 14.7. The fourth-order valence-corrected chi connectivity index (χ4v) is 2.25. The predicted molar refractivity (Wildman–Crippen MR) is 70.9 cm³/mol. The Labute approximate surface area is 117 Å². The Balaban J connectivity index is 2.25. The summed E-state index contributed by atoms with van der Waals surface area (Å²) < 4.78 is 0. The number of nitro benzene ring substituents is 1. The zero-order valence-electron chi connectivity index (χ0n) is 10.3. The van der Waals surface area contributed by atoms with Gasteiger partial charge in [-0.25, -0.2) is 14.8 Å². The van der Waals surface area contributed by atoms with Crippen LogP contribution in [-0.4, -0.2) is 26.0 Å². The maximum absolute atomic E-state index is 10.9. The number of hydrogen-bond donors (Lipinski definition) is 1. The van der Waals surface area contributed by atoms with Gasteiger partial charge >= 0.3 is 5.97 Å². The molecule has 1 heterocycles. The van der Waals surface area contributed by atoms with E-state index in [0.29, 0.717) is 10.6 Å². The lowest BCUT2D eigenvalue weighted by Crippen LogP contribution is -2.03. The van der Waals surface area contributed by atoms with Crippen LogP contribution in [0.2, 0.25) is 0 Å². The average molecular weight is 291 g/mol. The fourth-order valence-electron chi connectivity index (χ4n) is 1.44. The Bertz CT molecular complexity index is 673. The summed E-state index contributed by atoms with van der Waals surface area (Å²) in [5.41, 5.74) is 0.453. The van der Waals surface area contributed by atoms with E-state index in [9.17, 15) is 14.9 Å². The molecule has 8 heteroatoms. The van der Waals surface area contributed by atoms with Crippen molar-refractivity contribution in [2.75, 3.05) is 0 Å². The standard InChI is InChI=1S/C12H9N3O4S/c1-7-6-10(11(16)17)14-12(13-7)20-9-4-2-8(3-5-9)15(18)19/h2-6H,1H3,(H,16,17). The van der Waals surface area contributed by atoms with Crippen molar-refractivity contribution in [3.05, 3.63) is 51.8 Å². The highest BCUT2D eigenvalue weighted by Gasteiger charge is 2.10. The number of carboxylic acid groups (broad SMARTS) is 1. The highest BCUT2D eigenvalue weighted by Crippen LogP contribution is 2.26. The maximum Gasteiger partial charge on any atom is 0.354 e. The highest BCUT2D eigenvalue weighted by molar-refractivity contribution is 7.99. The number of non-ortho nitro benzene ring substituents is 1. The van der Waals surface area contributed by atoms with E-state index in [1.807, 2.05) is 0 Å². The van der Waals surface area contributed by atoms with Crippen molar-refractivity contribution in [3.63, 3.8) is 0 Å². The Hall–Kier alpha value is -2.48. The summed E-state index contributed by atoms with van der Waals surface area (Å²) in [6, 6.07) is 7.25. The summed E-state index contributed by atoms with van der Waals surface area (Å²) in [6.45, 7) is 1.67. The summed E-state index contributed by atoms with van der Waals surface area (Å²) in [7, 11) is 0. The van der Waals surface area contributed by atoms with Gasteiger partial charge in [0.05, 0.1) is 4.92 Å². The third-order valence-corrected chi connectivity index (χ3v) is 3.18. The van der Waals surface area contributed by atoms with Crippen molar-refractivity contribution in [3.8, 4) is 0 Å². The fraction of sp³-hybridized carbons (Fsp3) is 0.0833. The molecular weight excluding hydrogens is 282 g/mol. The second-order valence-electron chi connectivity index (χ2n) is 3.84. The number of rotatable bonds is 4. The number of carboxylic acids is 1. The first-order valence-corrected chi connectivity index (χ1v) is 6.28. The third-order valence-electron chi connectivity index (χ3n) is 2.31. The van der Waals surface area contributed by atoms with E-state index in [-0.39, 0.29) is 16.5 Å². The van der Waals surface area contributed by atoms with Gasteiger partial charge in [-0.1, -0.05) is 0 Å². The maximum atomic E-state index is 10.9. The molecular formula is C12H9N3O4S. The van der Waals surface area contributed by atoms with Crippen LogP contribution in [0.4, 0.5) is 5.69 Å². The number of carbonyl (C=O) groups is 1. The van der Waals surface area contributed by atoms with Crippen LogP contribution in [0.5, 0.6) is 0 Å². The third kappa shape index (κ3) is 3.29. The number of nitro groups is 1. The van der Waals surface area contributed by atoms with Crippen molar-refractivity contribution in [1.29, 1.82) is 0 Å². The number of aryl methyl sites for hydroxylation is 1. The minimum atomic E-state index is -1.12. The topological polar surface area (TPSA) is 106 Å². The van der Waals surface area contributed by atoms with Crippen molar-refractivity contribution < 1.29 is 14.8 Å². The summed E-state index contributed by atoms with van der Waals surface area (Å²) in [5.74, 6) is -1.12. The van der Waals surface area contributed by atoms with E-state index in [4.69, 9.17) is 5.11 Å². The molecule has 1 aromatic heterocycles. The van der Waals surface area contributed by atoms with E-state index in [2.05, 4.69) is 9.97 Å². The molecule has 0 spiro atoms. The number of hydrogen-bond acceptors (Lipinski definition) is 6. The molecule has 0 saturated carbocycles. The van der Waals surface area contributed by atoms with Gasteiger partial charge in [0.15, 0.2) is 10.9 Å². The lowest BCUT2D eigenvalue weighted by atomic mass is 10.3. The summed E-state index contributed by atoms with van der Waals surface area (Å²) in [6.07, 6.45) is 0. The highest BCUT2D eigenvalue weighted by atomic mass is 32.2. The first-order valence-electron chi connectivity index (χ1n) is 5.47. The van der Waals surface area contributed by atoms with E-state index < -0.39 is 10.9 Å². The van der Waals surface area contributed by atoms with Crippen molar-refractivity contribution in [2.45, 2.75) is 17.0 Å². The van der Waals surface area contributed by atoms with Gasteiger partial charge in [-0.3, -0.25) is 10.1 Å². The van der Waals surface area contributed by atoms with E-state index in [1.54, 1.807) is 19.1 Å². The van der Waals surface area contributed by atoms with Gasteiger partial charge in [-0.05, 0) is 36.9 Å². The number of nitrogens with zero attached hydrogens (tertiary/aromatic N) is 3. The van der Waals surface area contributed by atoms with Crippen LogP contribution in [0.1, 0.15) is 16.2 Å². The van der Waals surface area contributed by atoms with Gasteiger partial charge in [0.1, 0.15) is 0 Å². The van der Waals surface area contributed by atoms with Gasteiger partial charge < -0.3 is 5.11 Å². The number of benzene rings is 1. The van der Waals surface area contributed by atoms with Crippen molar-refractivity contribution in [1.82, 2.24) is 9.97 Å². The molecule has 0 aliphatic carbocycles. The molecule has 7 nitrogen and oxygen atoms in total. The largest absolute Gasteiger partial charge is 0.477 e. The van der Waals surface area contributed by atoms with Gasteiger partial charge in [0.25, 0.3) is 5.69 Å². The molecule has 1 N–H and O–H groups in total. The van der Waals surface area contributed by atoms with Crippen molar-refractivity contribution in [2.24, 2.45) is 0 Å². The second kappa shape index (κ2) is 5.66. The molecule has 20 heavy (non-hydrogen) atoms. The lowest BCUT2D eigenvalue weighted by Gasteiger charge is -2.03. The van der Waals surface area contributed by atoms with Gasteiger partial charge in [0, 0.05) is 22.7 Å². The first kappa shape index (κ1) is 13.9. The number of aromatic nitrogens is 2. The quantitative estimate of drug-likeness (QED) is 0.524. The smallest absolute Gasteiger partial charge is 0.354 e. The van der Waals surface area contributed by atoms with E-state index in [1.165, 1.54) is 18.2 Å². The van der Waals surface area contributed by atoms with Crippen molar-refractivity contribution >= 4 is 23.4 Å². The molecule has 0 saturated heterocycles. The Kier molecular flexibility index (Phi) is 3.94. The zero-order valence-corrected chi connectivity index (χ0v) is 11.1. The van der Waals surface area contributed by atoms with Crippen LogP contribution in [0.25, 0.3) is 0 Å². The number of aromatic carboxylic acids is 1. The Morgan fingerprint density at radius 3 is 2.50 bits per heavy atom. The molecule has 2 aromatic rings. The molecule has 0 radical (unpaired) electrons. The average Bonchev–Trinajstić information content (AvgIpc) is 2.38. The molecule has 0 bridgehead atoms. The van der Waals surface area contributed by atoms with Crippen LogP contribution < -0.4 is 0 Å². The van der Waals surface area contributed by atoms with E-state index in [0.717, 1.165) is 11.8 Å². The molecule has 1 aromatic carbocycles. The van der Waals surface area contributed by atoms with Crippen LogP contribution in [0.3, 0.4) is 0 Å². The predicted octanol–water partition coefficient (Wildman–Crippen LogP) is 2.54. The van der Waals surface area contributed by atoms with Gasteiger partial charge in [-0.15, -0.1) is 0 Å².